The Hall–Kier alpha value is -1.13. The Bertz CT molecular complexity index is 510. The van der Waals surface area contributed by atoms with Gasteiger partial charge < -0.3 is 10.3 Å². The molecule has 0 aliphatic heterocycles. The van der Waals surface area contributed by atoms with Gasteiger partial charge in [-0.2, -0.15) is 0 Å². The minimum Gasteiger partial charge on any atom is -0.347 e. The first-order valence-electron chi connectivity index (χ1n) is 6.04. The predicted octanol–water partition coefficient (Wildman–Crippen LogP) is 2.71. The van der Waals surface area contributed by atoms with Crippen LogP contribution in [0.15, 0.2) is 23.8 Å². The zero-order valence-corrected chi connectivity index (χ0v) is 10.8. The van der Waals surface area contributed by atoms with Crippen molar-refractivity contribution in [3.8, 4) is 0 Å². The Kier molecular flexibility index (Phi) is 2.76. The van der Waals surface area contributed by atoms with Crippen LogP contribution in [-0.2, 0) is 6.54 Å². The molecule has 4 heteroatoms. The molecule has 90 valence electrons. The minimum absolute atomic E-state index is 0.231. The first kappa shape index (κ1) is 11.0. The van der Waals surface area contributed by atoms with Gasteiger partial charge in [0, 0.05) is 29.5 Å². The second kappa shape index (κ2) is 4.27. The molecule has 0 spiro atoms. The van der Waals surface area contributed by atoms with Crippen molar-refractivity contribution in [2.45, 2.75) is 32.4 Å². The number of nitrogens with zero attached hydrogens (tertiary/aromatic N) is 2. The Labute approximate surface area is 105 Å². The summed E-state index contributed by atoms with van der Waals surface area (Å²) >= 11 is 1.72. The molecule has 0 aromatic carbocycles. The van der Waals surface area contributed by atoms with Gasteiger partial charge in [0.1, 0.15) is 5.01 Å². The number of aryl methyl sites for hydroxylation is 1. The Morgan fingerprint density at radius 3 is 3.06 bits per heavy atom. The third kappa shape index (κ3) is 2.42. The Morgan fingerprint density at radius 1 is 1.59 bits per heavy atom. The van der Waals surface area contributed by atoms with Crippen LogP contribution < -0.4 is 5.73 Å². The Morgan fingerprint density at radius 2 is 2.41 bits per heavy atom. The first-order chi connectivity index (χ1) is 8.22. The van der Waals surface area contributed by atoms with Crippen molar-refractivity contribution in [3.63, 3.8) is 0 Å². The van der Waals surface area contributed by atoms with E-state index in [1.165, 1.54) is 18.4 Å². The van der Waals surface area contributed by atoms with Gasteiger partial charge in [0.2, 0.25) is 0 Å². The van der Waals surface area contributed by atoms with Gasteiger partial charge in [0.15, 0.2) is 0 Å². The maximum absolute atomic E-state index is 6.18. The monoisotopic (exact) mass is 247 g/mol. The highest BCUT2D eigenvalue weighted by Crippen LogP contribution is 2.39. The average Bonchev–Trinajstić information content (AvgIpc) is 2.93. The third-order valence-electron chi connectivity index (χ3n) is 3.27. The summed E-state index contributed by atoms with van der Waals surface area (Å²) in [6.45, 7) is 2.89. The predicted molar refractivity (Wildman–Crippen MR) is 70.0 cm³/mol. The molecule has 0 bridgehead atoms. The maximum Gasteiger partial charge on any atom is 0.113 e. The molecule has 1 aliphatic carbocycles. The van der Waals surface area contributed by atoms with Gasteiger partial charge >= 0.3 is 0 Å². The molecule has 2 aromatic rings. The van der Waals surface area contributed by atoms with Gasteiger partial charge in [0.05, 0.1) is 6.54 Å². The molecule has 17 heavy (non-hydrogen) atoms. The number of thiazole rings is 1. The molecule has 2 N–H and O–H groups in total. The molecule has 1 atom stereocenters. The van der Waals surface area contributed by atoms with E-state index < -0.39 is 0 Å². The summed E-state index contributed by atoms with van der Waals surface area (Å²) in [4.78, 5) is 4.47. The maximum atomic E-state index is 6.18. The van der Waals surface area contributed by atoms with E-state index in [0.29, 0.717) is 5.92 Å². The molecule has 1 fully saturated rings. The van der Waals surface area contributed by atoms with Crippen molar-refractivity contribution >= 4 is 11.3 Å². The molecule has 1 saturated carbocycles. The lowest BCUT2D eigenvalue weighted by molar-refractivity contribution is 0.630. The largest absolute Gasteiger partial charge is 0.347 e. The first-order valence-corrected chi connectivity index (χ1v) is 6.92. The molecule has 0 amide bonds. The SMILES string of the molecule is Cc1csc(Cn2ccc(C(N)C3CC3)c2)n1. The van der Waals surface area contributed by atoms with E-state index in [9.17, 15) is 0 Å². The fourth-order valence-corrected chi connectivity index (χ4v) is 2.89. The number of hydrogen-bond donors (Lipinski definition) is 1. The zero-order valence-electron chi connectivity index (χ0n) is 9.97. The minimum atomic E-state index is 0.231. The van der Waals surface area contributed by atoms with Crippen LogP contribution in [0.2, 0.25) is 0 Å². The fraction of sp³-hybridized carbons (Fsp3) is 0.462. The summed E-state index contributed by atoms with van der Waals surface area (Å²) < 4.78 is 2.18. The van der Waals surface area contributed by atoms with Crippen LogP contribution in [0.1, 0.15) is 35.1 Å². The summed E-state index contributed by atoms with van der Waals surface area (Å²) in [5.74, 6) is 0.716. The van der Waals surface area contributed by atoms with Crippen molar-refractivity contribution < 1.29 is 0 Å². The van der Waals surface area contributed by atoms with Crippen LogP contribution in [0.4, 0.5) is 0 Å². The van der Waals surface area contributed by atoms with Gasteiger partial charge in [0.25, 0.3) is 0 Å². The summed E-state index contributed by atoms with van der Waals surface area (Å²) in [6, 6.07) is 2.37. The van der Waals surface area contributed by atoms with E-state index in [1.807, 2.05) is 6.92 Å². The van der Waals surface area contributed by atoms with Crippen molar-refractivity contribution in [1.82, 2.24) is 9.55 Å². The highest BCUT2D eigenvalue weighted by Gasteiger charge is 2.29. The third-order valence-corrected chi connectivity index (χ3v) is 4.22. The second-order valence-corrected chi connectivity index (χ2v) is 5.81. The van der Waals surface area contributed by atoms with Gasteiger partial charge in [-0.05, 0) is 37.3 Å². The number of rotatable bonds is 4. The van der Waals surface area contributed by atoms with Crippen molar-refractivity contribution in [2.75, 3.05) is 0 Å². The lowest BCUT2D eigenvalue weighted by Gasteiger charge is -2.06. The van der Waals surface area contributed by atoms with Crippen molar-refractivity contribution in [2.24, 2.45) is 11.7 Å². The van der Waals surface area contributed by atoms with E-state index in [-0.39, 0.29) is 6.04 Å². The van der Waals surface area contributed by atoms with Gasteiger partial charge in [-0.1, -0.05) is 0 Å². The van der Waals surface area contributed by atoms with Gasteiger partial charge in [-0.15, -0.1) is 11.3 Å². The van der Waals surface area contributed by atoms with Gasteiger partial charge in [-0.3, -0.25) is 0 Å². The lowest BCUT2D eigenvalue weighted by atomic mass is 10.1. The second-order valence-electron chi connectivity index (χ2n) is 4.86. The number of aromatic nitrogens is 2. The summed E-state index contributed by atoms with van der Waals surface area (Å²) in [6.07, 6.45) is 6.85. The Balaban J connectivity index is 1.71. The summed E-state index contributed by atoms with van der Waals surface area (Å²) in [7, 11) is 0. The molecular weight excluding hydrogens is 230 g/mol. The topological polar surface area (TPSA) is 43.8 Å². The van der Waals surface area contributed by atoms with Crippen LogP contribution >= 0.6 is 11.3 Å². The molecular formula is C13H17N3S. The highest BCUT2D eigenvalue weighted by molar-refractivity contribution is 7.09. The highest BCUT2D eigenvalue weighted by atomic mass is 32.1. The summed E-state index contributed by atoms with van der Waals surface area (Å²) in [5, 5.41) is 3.25. The zero-order chi connectivity index (χ0) is 11.8. The van der Waals surface area contributed by atoms with Crippen LogP contribution in [0.25, 0.3) is 0 Å². The smallest absolute Gasteiger partial charge is 0.113 e. The van der Waals surface area contributed by atoms with Crippen LogP contribution in [0, 0.1) is 12.8 Å². The molecule has 2 aromatic heterocycles. The van der Waals surface area contributed by atoms with Crippen LogP contribution in [0.5, 0.6) is 0 Å². The lowest BCUT2D eigenvalue weighted by Crippen LogP contribution is -2.11. The molecule has 1 unspecified atom stereocenters. The number of nitrogens with two attached hydrogens (primary N) is 1. The fourth-order valence-electron chi connectivity index (χ4n) is 2.11. The molecule has 0 saturated heterocycles. The summed E-state index contributed by atoms with van der Waals surface area (Å²) in [5.41, 5.74) is 8.55. The van der Waals surface area contributed by atoms with Crippen LogP contribution in [0.3, 0.4) is 0 Å². The van der Waals surface area contributed by atoms with E-state index in [0.717, 1.165) is 17.2 Å². The van der Waals surface area contributed by atoms with Gasteiger partial charge in [-0.25, -0.2) is 4.98 Å². The van der Waals surface area contributed by atoms with E-state index in [1.54, 1.807) is 11.3 Å². The van der Waals surface area contributed by atoms with E-state index >= 15 is 0 Å². The molecule has 3 nitrogen and oxygen atoms in total. The standard InChI is InChI=1S/C13H17N3S/c1-9-8-17-12(15-9)7-16-5-4-11(6-16)13(14)10-2-3-10/h4-6,8,10,13H,2-3,7,14H2,1H3. The number of hydrogen-bond acceptors (Lipinski definition) is 3. The van der Waals surface area contributed by atoms with Crippen molar-refractivity contribution in [1.29, 1.82) is 0 Å². The van der Waals surface area contributed by atoms with Crippen molar-refractivity contribution in [3.05, 3.63) is 40.1 Å². The molecule has 2 heterocycles. The van der Waals surface area contributed by atoms with E-state index in [2.05, 4.69) is 33.4 Å². The normalized spacial score (nSPS) is 17.3. The molecule has 1 aliphatic rings. The quantitative estimate of drug-likeness (QED) is 0.902. The van der Waals surface area contributed by atoms with Crippen LogP contribution in [-0.4, -0.2) is 9.55 Å². The average molecular weight is 247 g/mol. The molecule has 3 rings (SSSR count). The van der Waals surface area contributed by atoms with E-state index in [4.69, 9.17) is 5.73 Å². The molecule has 0 radical (unpaired) electrons.